The van der Waals surface area contributed by atoms with Crippen molar-refractivity contribution in [2.45, 2.75) is 6.04 Å². The summed E-state index contributed by atoms with van der Waals surface area (Å²) in [4.78, 5) is 8.23. The summed E-state index contributed by atoms with van der Waals surface area (Å²) < 4.78 is 0. The third kappa shape index (κ3) is 1.21. The van der Waals surface area contributed by atoms with E-state index < -0.39 is 0 Å². The van der Waals surface area contributed by atoms with Gasteiger partial charge in [-0.05, 0) is 16.9 Å². The van der Waals surface area contributed by atoms with Crippen LogP contribution in [0, 0.1) is 0 Å². The standard InChI is InChI=1S/C9H8N2S2/c1-2-8(12-4-1)7-6-11-3-5-13-9(11)10-7/h1-5,7H,6H2/t7-/m1/s1. The first-order valence-corrected chi connectivity index (χ1v) is 5.90. The average Bonchev–Trinajstić information content (AvgIpc) is 2.78. The molecule has 66 valence electrons. The molecule has 0 aromatic carbocycles. The summed E-state index contributed by atoms with van der Waals surface area (Å²) in [6.45, 7) is 1.01. The summed E-state index contributed by atoms with van der Waals surface area (Å²) in [6.07, 6.45) is 2.11. The number of nitrogens with zero attached hydrogens (tertiary/aromatic N) is 2. The summed E-state index contributed by atoms with van der Waals surface area (Å²) >= 11 is 3.51. The Morgan fingerprint density at radius 1 is 1.54 bits per heavy atom. The largest absolute Gasteiger partial charge is 0.325 e. The van der Waals surface area contributed by atoms with E-state index in [4.69, 9.17) is 0 Å². The zero-order valence-electron chi connectivity index (χ0n) is 6.88. The van der Waals surface area contributed by atoms with E-state index >= 15 is 0 Å². The van der Waals surface area contributed by atoms with Crippen LogP contribution in [0.4, 0.5) is 0 Å². The first-order valence-electron chi connectivity index (χ1n) is 4.15. The topological polar surface area (TPSA) is 15.6 Å². The van der Waals surface area contributed by atoms with Crippen molar-refractivity contribution in [2.75, 3.05) is 6.54 Å². The molecule has 0 unspecified atom stereocenters. The molecule has 4 heteroatoms. The van der Waals surface area contributed by atoms with E-state index in [-0.39, 0.29) is 0 Å². The molecular formula is C9H8N2S2. The van der Waals surface area contributed by atoms with Crippen LogP contribution >= 0.6 is 23.1 Å². The minimum Gasteiger partial charge on any atom is -0.325 e. The van der Waals surface area contributed by atoms with E-state index in [2.05, 4.69) is 39.0 Å². The Morgan fingerprint density at radius 2 is 2.54 bits per heavy atom. The Hall–Kier alpha value is -0.740. The Labute approximate surface area is 85.0 Å². The lowest BCUT2D eigenvalue weighted by atomic mass is 10.2. The number of thioether (sulfide) groups is 1. The first-order chi connectivity index (χ1) is 6.43. The molecule has 3 rings (SSSR count). The molecule has 3 heterocycles. The smallest absolute Gasteiger partial charge is 0.168 e. The lowest BCUT2D eigenvalue weighted by Gasteiger charge is -2.08. The van der Waals surface area contributed by atoms with Gasteiger partial charge in [0.25, 0.3) is 0 Å². The Morgan fingerprint density at radius 3 is 3.31 bits per heavy atom. The molecule has 0 saturated carbocycles. The van der Waals surface area contributed by atoms with Crippen molar-refractivity contribution in [3.05, 3.63) is 34.0 Å². The molecule has 1 atom stereocenters. The van der Waals surface area contributed by atoms with Crippen molar-refractivity contribution in [1.82, 2.24) is 4.90 Å². The van der Waals surface area contributed by atoms with Crippen molar-refractivity contribution < 1.29 is 0 Å². The van der Waals surface area contributed by atoms with Crippen LogP contribution in [0.15, 0.2) is 34.1 Å². The number of amidine groups is 1. The van der Waals surface area contributed by atoms with Gasteiger partial charge in [0, 0.05) is 11.1 Å². The Balaban J connectivity index is 1.88. The van der Waals surface area contributed by atoms with Gasteiger partial charge in [0.05, 0.1) is 6.54 Å². The van der Waals surface area contributed by atoms with Gasteiger partial charge < -0.3 is 4.90 Å². The van der Waals surface area contributed by atoms with Crippen LogP contribution < -0.4 is 0 Å². The van der Waals surface area contributed by atoms with E-state index in [1.165, 1.54) is 4.88 Å². The van der Waals surface area contributed by atoms with Crippen LogP contribution in [0.5, 0.6) is 0 Å². The number of hydrogen-bond donors (Lipinski definition) is 0. The van der Waals surface area contributed by atoms with E-state index in [9.17, 15) is 0 Å². The van der Waals surface area contributed by atoms with Crippen LogP contribution in [0.3, 0.4) is 0 Å². The fourth-order valence-corrected chi connectivity index (χ4v) is 3.08. The zero-order chi connectivity index (χ0) is 8.67. The Kier molecular flexibility index (Phi) is 1.70. The number of thiophene rings is 1. The highest BCUT2D eigenvalue weighted by Gasteiger charge is 2.27. The van der Waals surface area contributed by atoms with Gasteiger partial charge in [-0.3, -0.25) is 4.99 Å². The van der Waals surface area contributed by atoms with Crippen LogP contribution in [-0.4, -0.2) is 16.6 Å². The highest BCUT2D eigenvalue weighted by atomic mass is 32.2. The molecule has 0 fully saturated rings. The number of aliphatic imine (C=N–C) groups is 1. The number of hydrogen-bond acceptors (Lipinski definition) is 4. The van der Waals surface area contributed by atoms with Gasteiger partial charge in [-0.25, -0.2) is 0 Å². The summed E-state index contributed by atoms with van der Waals surface area (Å²) in [5, 5.41) is 5.35. The van der Waals surface area contributed by atoms with Gasteiger partial charge in [0.2, 0.25) is 0 Å². The van der Waals surface area contributed by atoms with Crippen molar-refractivity contribution >= 4 is 28.3 Å². The molecule has 1 aromatic heterocycles. The molecule has 0 aliphatic carbocycles. The van der Waals surface area contributed by atoms with Crippen LogP contribution in [0.25, 0.3) is 0 Å². The number of fused-ring (bicyclic) bond motifs is 1. The minimum absolute atomic E-state index is 0.368. The molecule has 0 amide bonds. The second-order valence-electron chi connectivity index (χ2n) is 3.00. The molecule has 2 aliphatic rings. The highest BCUT2D eigenvalue weighted by molar-refractivity contribution is 8.16. The average molecular weight is 208 g/mol. The molecule has 0 N–H and O–H groups in total. The van der Waals surface area contributed by atoms with E-state index in [0.717, 1.165) is 11.7 Å². The Bertz CT molecular complexity index is 367. The molecule has 2 nitrogen and oxygen atoms in total. The summed E-state index contributed by atoms with van der Waals surface area (Å²) in [7, 11) is 0. The molecule has 1 aromatic rings. The van der Waals surface area contributed by atoms with E-state index in [1.54, 1.807) is 23.1 Å². The molecule has 13 heavy (non-hydrogen) atoms. The van der Waals surface area contributed by atoms with Crippen LogP contribution in [-0.2, 0) is 0 Å². The molecular weight excluding hydrogens is 200 g/mol. The van der Waals surface area contributed by atoms with E-state index in [1.807, 2.05) is 0 Å². The highest BCUT2D eigenvalue weighted by Crippen LogP contribution is 2.34. The van der Waals surface area contributed by atoms with Crippen molar-refractivity contribution in [1.29, 1.82) is 0 Å². The third-order valence-corrected chi connectivity index (χ3v) is 3.95. The molecule has 2 aliphatic heterocycles. The van der Waals surface area contributed by atoms with Gasteiger partial charge in [-0.2, -0.15) is 0 Å². The predicted octanol–water partition coefficient (Wildman–Crippen LogP) is 2.68. The lowest BCUT2D eigenvalue weighted by Crippen LogP contribution is -2.15. The second-order valence-corrected chi connectivity index (χ2v) is 4.85. The molecule has 0 spiro atoms. The maximum atomic E-state index is 4.65. The van der Waals surface area contributed by atoms with Crippen LogP contribution in [0.2, 0.25) is 0 Å². The quantitative estimate of drug-likeness (QED) is 0.705. The van der Waals surface area contributed by atoms with Gasteiger partial charge >= 0.3 is 0 Å². The number of rotatable bonds is 1. The molecule has 0 saturated heterocycles. The van der Waals surface area contributed by atoms with Gasteiger partial charge in [-0.1, -0.05) is 17.8 Å². The third-order valence-electron chi connectivity index (χ3n) is 2.17. The van der Waals surface area contributed by atoms with Crippen LogP contribution in [0.1, 0.15) is 10.9 Å². The first kappa shape index (κ1) is 7.64. The monoisotopic (exact) mass is 208 g/mol. The van der Waals surface area contributed by atoms with E-state index in [0.29, 0.717) is 6.04 Å². The normalized spacial score (nSPS) is 25.1. The fraction of sp³-hybridized carbons (Fsp3) is 0.222. The van der Waals surface area contributed by atoms with Gasteiger partial charge in [0.15, 0.2) is 5.17 Å². The fourth-order valence-electron chi connectivity index (χ4n) is 1.53. The van der Waals surface area contributed by atoms with Gasteiger partial charge in [-0.15, -0.1) is 11.3 Å². The summed E-state index contributed by atoms with van der Waals surface area (Å²) in [5.74, 6) is 0. The second kappa shape index (κ2) is 2.89. The maximum Gasteiger partial charge on any atom is 0.168 e. The lowest BCUT2D eigenvalue weighted by molar-refractivity contribution is 0.562. The molecule has 0 bridgehead atoms. The van der Waals surface area contributed by atoms with Crippen molar-refractivity contribution in [2.24, 2.45) is 4.99 Å². The molecule has 0 radical (unpaired) electrons. The van der Waals surface area contributed by atoms with Crippen molar-refractivity contribution in [3.63, 3.8) is 0 Å². The maximum absolute atomic E-state index is 4.65. The summed E-state index contributed by atoms with van der Waals surface area (Å²) in [5.41, 5.74) is 0. The SMILES string of the molecule is C1=CN2C[C@H](c3cccs3)N=C2S1. The zero-order valence-corrected chi connectivity index (χ0v) is 8.52. The minimum atomic E-state index is 0.368. The van der Waals surface area contributed by atoms with Gasteiger partial charge in [0.1, 0.15) is 6.04 Å². The van der Waals surface area contributed by atoms with Crippen molar-refractivity contribution in [3.8, 4) is 0 Å². The summed E-state index contributed by atoms with van der Waals surface area (Å²) in [6, 6.07) is 4.62. The predicted molar refractivity (Wildman–Crippen MR) is 57.9 cm³/mol.